The molecule has 0 aromatic carbocycles. The maximum atomic E-state index is 11.7. The van der Waals surface area contributed by atoms with Gasteiger partial charge in [0.05, 0.1) is 0 Å². The molecule has 1 rings (SSSR count). The zero-order valence-electron chi connectivity index (χ0n) is 11.7. The molecule has 4 nitrogen and oxygen atoms in total. The van der Waals surface area contributed by atoms with Gasteiger partial charge in [-0.25, -0.2) is 0 Å². The highest BCUT2D eigenvalue weighted by Crippen LogP contribution is 2.22. The number of hydrogen-bond donors (Lipinski definition) is 1. The van der Waals surface area contributed by atoms with Crippen LogP contribution in [0.3, 0.4) is 0 Å². The molecular weight excluding hydrogens is 228 g/mol. The van der Waals surface area contributed by atoms with Crippen LogP contribution in [0.25, 0.3) is 0 Å². The van der Waals surface area contributed by atoms with Crippen LogP contribution >= 0.6 is 0 Å². The molecule has 0 bridgehead atoms. The lowest BCUT2D eigenvalue weighted by molar-refractivity contribution is -0.132. The molecule has 0 heterocycles. The molecule has 0 unspecified atom stereocenters. The molecule has 0 aliphatic heterocycles. The van der Waals surface area contributed by atoms with Crippen LogP contribution in [0.4, 0.5) is 0 Å². The van der Waals surface area contributed by atoms with E-state index in [4.69, 9.17) is 0 Å². The van der Waals surface area contributed by atoms with Crippen molar-refractivity contribution in [1.82, 2.24) is 10.2 Å². The number of rotatable bonds is 6. The van der Waals surface area contributed by atoms with Gasteiger partial charge < -0.3 is 10.2 Å². The molecular formula is C14H26N2O2. The predicted octanol–water partition coefficient (Wildman–Crippen LogP) is 2.08. The van der Waals surface area contributed by atoms with Gasteiger partial charge in [-0.3, -0.25) is 9.59 Å². The summed E-state index contributed by atoms with van der Waals surface area (Å²) in [6, 6.07) is 0.388. The third-order valence-electron chi connectivity index (χ3n) is 3.57. The van der Waals surface area contributed by atoms with Crippen molar-refractivity contribution in [2.45, 2.75) is 64.8 Å². The molecule has 1 N–H and O–H groups in total. The summed E-state index contributed by atoms with van der Waals surface area (Å²) in [6.07, 6.45) is 7.39. The number of amides is 2. The lowest BCUT2D eigenvalue weighted by atomic mass is 9.94. The Labute approximate surface area is 110 Å². The molecule has 0 saturated heterocycles. The second-order valence-electron chi connectivity index (χ2n) is 5.10. The first kappa shape index (κ1) is 15.0. The Morgan fingerprint density at radius 3 is 2.44 bits per heavy atom. The normalized spacial score (nSPS) is 16.3. The predicted molar refractivity (Wildman–Crippen MR) is 72.2 cm³/mol. The van der Waals surface area contributed by atoms with Crippen LogP contribution < -0.4 is 5.32 Å². The van der Waals surface area contributed by atoms with Gasteiger partial charge >= 0.3 is 0 Å². The highest BCUT2D eigenvalue weighted by Gasteiger charge is 2.22. The third-order valence-corrected chi connectivity index (χ3v) is 3.57. The molecule has 0 spiro atoms. The van der Waals surface area contributed by atoms with Gasteiger partial charge in [0, 0.05) is 32.5 Å². The lowest BCUT2D eigenvalue weighted by Gasteiger charge is -2.33. The number of nitrogens with one attached hydrogen (secondary N) is 1. The van der Waals surface area contributed by atoms with Crippen LogP contribution in [0.5, 0.6) is 0 Å². The van der Waals surface area contributed by atoms with E-state index in [1.165, 1.54) is 19.3 Å². The lowest BCUT2D eigenvalue weighted by Crippen LogP contribution is -2.44. The minimum atomic E-state index is 0.0876. The maximum Gasteiger partial charge on any atom is 0.220 e. The van der Waals surface area contributed by atoms with Gasteiger partial charge in [0.2, 0.25) is 11.8 Å². The minimum absolute atomic E-state index is 0.0876. The fraction of sp³-hybridized carbons (Fsp3) is 0.857. The van der Waals surface area contributed by atoms with Gasteiger partial charge in [0.15, 0.2) is 0 Å². The number of hydrogen-bond acceptors (Lipinski definition) is 2. The zero-order valence-corrected chi connectivity index (χ0v) is 11.7. The number of carbonyl (C=O) groups excluding carboxylic acids is 2. The van der Waals surface area contributed by atoms with Crippen LogP contribution in [0.15, 0.2) is 0 Å². The molecule has 0 atom stereocenters. The minimum Gasteiger partial charge on any atom is -0.354 e. The van der Waals surface area contributed by atoms with Crippen LogP contribution in [0.2, 0.25) is 0 Å². The Bertz CT molecular complexity index is 273. The molecule has 2 amide bonds. The average molecular weight is 254 g/mol. The zero-order chi connectivity index (χ0) is 13.4. The van der Waals surface area contributed by atoms with Gasteiger partial charge in [0.1, 0.15) is 0 Å². The molecule has 0 aromatic heterocycles. The van der Waals surface area contributed by atoms with Gasteiger partial charge in [0.25, 0.3) is 0 Å². The summed E-state index contributed by atoms with van der Waals surface area (Å²) in [4.78, 5) is 24.9. The Kier molecular flexibility index (Phi) is 6.76. The van der Waals surface area contributed by atoms with E-state index < -0.39 is 0 Å². The molecule has 4 heteroatoms. The van der Waals surface area contributed by atoms with Crippen LogP contribution in [-0.2, 0) is 9.59 Å². The molecule has 1 aliphatic carbocycles. The SMILES string of the molecule is CCCC(=O)NCCN(C(C)=O)C1CCCCC1. The van der Waals surface area contributed by atoms with E-state index in [9.17, 15) is 9.59 Å². The first-order valence-corrected chi connectivity index (χ1v) is 7.19. The van der Waals surface area contributed by atoms with E-state index >= 15 is 0 Å². The van der Waals surface area contributed by atoms with Crippen molar-refractivity contribution < 1.29 is 9.59 Å². The van der Waals surface area contributed by atoms with Crippen molar-refractivity contribution in [3.05, 3.63) is 0 Å². The summed E-state index contributed by atoms with van der Waals surface area (Å²) >= 11 is 0. The largest absolute Gasteiger partial charge is 0.354 e. The van der Waals surface area contributed by atoms with E-state index in [0.29, 0.717) is 25.6 Å². The Morgan fingerprint density at radius 1 is 1.22 bits per heavy atom. The van der Waals surface area contributed by atoms with E-state index in [2.05, 4.69) is 5.32 Å². The highest BCUT2D eigenvalue weighted by atomic mass is 16.2. The summed E-state index contributed by atoms with van der Waals surface area (Å²) in [7, 11) is 0. The quantitative estimate of drug-likeness (QED) is 0.789. The van der Waals surface area contributed by atoms with Crippen molar-refractivity contribution in [2.75, 3.05) is 13.1 Å². The average Bonchev–Trinajstić information content (AvgIpc) is 2.35. The summed E-state index contributed by atoms with van der Waals surface area (Å²) in [5, 5.41) is 2.88. The second-order valence-corrected chi connectivity index (χ2v) is 5.10. The summed E-state index contributed by atoms with van der Waals surface area (Å²) < 4.78 is 0. The first-order valence-electron chi connectivity index (χ1n) is 7.19. The highest BCUT2D eigenvalue weighted by molar-refractivity contribution is 5.76. The summed E-state index contributed by atoms with van der Waals surface area (Å²) in [6.45, 7) is 4.84. The van der Waals surface area contributed by atoms with Crippen molar-refractivity contribution in [3.8, 4) is 0 Å². The van der Waals surface area contributed by atoms with Crippen LogP contribution in [0.1, 0.15) is 58.8 Å². The Balaban J connectivity index is 2.33. The van der Waals surface area contributed by atoms with E-state index in [1.807, 2.05) is 11.8 Å². The smallest absolute Gasteiger partial charge is 0.220 e. The molecule has 1 aliphatic rings. The maximum absolute atomic E-state index is 11.7. The summed E-state index contributed by atoms with van der Waals surface area (Å²) in [5.41, 5.74) is 0. The molecule has 0 radical (unpaired) electrons. The van der Waals surface area contributed by atoms with Crippen molar-refractivity contribution in [2.24, 2.45) is 0 Å². The fourth-order valence-corrected chi connectivity index (χ4v) is 2.62. The van der Waals surface area contributed by atoms with Crippen molar-refractivity contribution in [1.29, 1.82) is 0 Å². The topological polar surface area (TPSA) is 49.4 Å². The van der Waals surface area contributed by atoms with Gasteiger partial charge in [-0.2, -0.15) is 0 Å². The fourth-order valence-electron chi connectivity index (χ4n) is 2.62. The molecule has 1 saturated carbocycles. The Morgan fingerprint density at radius 2 is 1.89 bits per heavy atom. The standard InChI is InChI=1S/C14H26N2O2/c1-3-7-14(18)15-10-11-16(12(2)17)13-8-5-4-6-9-13/h13H,3-11H2,1-2H3,(H,15,18). The second kappa shape index (κ2) is 8.11. The van der Waals surface area contributed by atoms with E-state index in [-0.39, 0.29) is 11.8 Å². The van der Waals surface area contributed by atoms with E-state index in [0.717, 1.165) is 19.3 Å². The third kappa shape index (κ3) is 5.07. The van der Waals surface area contributed by atoms with Gasteiger partial charge in [-0.05, 0) is 19.3 Å². The molecule has 104 valence electrons. The number of nitrogens with zero attached hydrogens (tertiary/aromatic N) is 1. The number of carbonyl (C=O) groups is 2. The van der Waals surface area contributed by atoms with Crippen LogP contribution in [-0.4, -0.2) is 35.8 Å². The van der Waals surface area contributed by atoms with Gasteiger partial charge in [-0.1, -0.05) is 26.2 Å². The van der Waals surface area contributed by atoms with E-state index in [1.54, 1.807) is 6.92 Å². The van der Waals surface area contributed by atoms with Gasteiger partial charge in [-0.15, -0.1) is 0 Å². The monoisotopic (exact) mass is 254 g/mol. The molecule has 1 fully saturated rings. The first-order chi connectivity index (χ1) is 8.65. The summed E-state index contributed by atoms with van der Waals surface area (Å²) in [5.74, 6) is 0.219. The van der Waals surface area contributed by atoms with Crippen molar-refractivity contribution >= 4 is 11.8 Å². The Hall–Kier alpha value is -1.06. The van der Waals surface area contributed by atoms with Crippen molar-refractivity contribution in [3.63, 3.8) is 0 Å². The van der Waals surface area contributed by atoms with Crippen LogP contribution in [0, 0.1) is 0 Å². The molecule has 0 aromatic rings. The molecule has 18 heavy (non-hydrogen) atoms.